The number of nitriles is 1. The Morgan fingerprint density at radius 1 is 1.27 bits per heavy atom. The van der Waals surface area contributed by atoms with Crippen molar-refractivity contribution in [1.29, 1.82) is 5.26 Å². The fourth-order valence-electron chi connectivity index (χ4n) is 2.85. The molecule has 0 bridgehead atoms. The Hall–Kier alpha value is -2.56. The second kappa shape index (κ2) is 9.22. The van der Waals surface area contributed by atoms with E-state index in [-0.39, 0.29) is 12.3 Å². The van der Waals surface area contributed by atoms with Crippen molar-refractivity contribution in [3.8, 4) is 11.8 Å². The molecule has 1 aromatic carbocycles. The van der Waals surface area contributed by atoms with Gasteiger partial charge >= 0.3 is 0 Å². The lowest BCUT2D eigenvalue weighted by atomic mass is 10.2. The average Bonchev–Trinajstić information content (AvgIpc) is 3.08. The predicted octanol–water partition coefficient (Wildman–Crippen LogP) is 1.15. The molecule has 0 unspecified atom stereocenters. The Balaban J connectivity index is 1.46. The van der Waals surface area contributed by atoms with Gasteiger partial charge in [-0.15, -0.1) is 0 Å². The molecule has 1 aromatic heterocycles. The summed E-state index contributed by atoms with van der Waals surface area (Å²) in [5.74, 6) is 1.56. The van der Waals surface area contributed by atoms with Crippen LogP contribution in [-0.2, 0) is 11.3 Å². The molecule has 0 aliphatic carbocycles. The van der Waals surface area contributed by atoms with Crippen molar-refractivity contribution in [2.45, 2.75) is 20.0 Å². The van der Waals surface area contributed by atoms with Crippen LogP contribution in [0.3, 0.4) is 0 Å². The van der Waals surface area contributed by atoms with Crippen LogP contribution in [0.1, 0.15) is 23.6 Å². The van der Waals surface area contributed by atoms with Crippen LogP contribution < -0.4 is 15.0 Å². The zero-order valence-corrected chi connectivity index (χ0v) is 15.1. The van der Waals surface area contributed by atoms with Crippen molar-refractivity contribution in [3.05, 3.63) is 41.4 Å². The third-order valence-electron chi connectivity index (χ3n) is 4.35. The summed E-state index contributed by atoms with van der Waals surface area (Å²) < 4.78 is 16.7. The highest BCUT2D eigenvalue weighted by Crippen LogP contribution is 2.19. The van der Waals surface area contributed by atoms with E-state index in [1.54, 1.807) is 4.90 Å². The number of hydrogen-bond donors (Lipinski definition) is 2. The zero-order chi connectivity index (χ0) is 18.2. The lowest BCUT2D eigenvalue weighted by Gasteiger charge is -2.23. The highest BCUT2D eigenvalue weighted by molar-refractivity contribution is 5.45. The minimum Gasteiger partial charge on any atom is -0.484 e. The van der Waals surface area contributed by atoms with Crippen LogP contribution in [0.15, 0.2) is 28.7 Å². The van der Waals surface area contributed by atoms with E-state index in [1.165, 1.54) is 5.56 Å². The van der Waals surface area contributed by atoms with Gasteiger partial charge in [-0.2, -0.15) is 10.2 Å². The molecule has 2 heterocycles. The first-order valence-electron chi connectivity index (χ1n) is 8.99. The first-order chi connectivity index (χ1) is 12.7. The van der Waals surface area contributed by atoms with Crippen LogP contribution in [0.25, 0.3) is 0 Å². The summed E-state index contributed by atoms with van der Waals surface area (Å²) in [7, 11) is 0. The second-order valence-electron chi connectivity index (χ2n) is 6.39. The van der Waals surface area contributed by atoms with Crippen LogP contribution in [0.5, 0.6) is 5.75 Å². The number of hydrogen-bond acceptors (Lipinski definition) is 6. The number of aromatic nitrogens is 1. The molecule has 0 atom stereocenters. The van der Waals surface area contributed by atoms with E-state index in [4.69, 9.17) is 13.9 Å². The number of anilines is 1. The minimum atomic E-state index is 0.192. The summed E-state index contributed by atoms with van der Waals surface area (Å²) in [6, 6.07) is 9.83. The summed E-state index contributed by atoms with van der Waals surface area (Å²) in [4.78, 5) is 5.75. The second-order valence-corrected chi connectivity index (χ2v) is 6.39. The molecule has 0 amide bonds. The van der Waals surface area contributed by atoms with Gasteiger partial charge in [0.05, 0.1) is 19.8 Å². The van der Waals surface area contributed by atoms with Gasteiger partial charge in [-0.3, -0.25) is 0 Å². The standard InChI is InChI=1S/C19H24N4O3/c1-15-3-5-16(6-4-15)25-14-18-22-17(13-20)19(26-18)21-7-2-8-23-9-11-24-12-10-23/h3-6,21H,2,7-12,14H2,1H3/p+1. The van der Waals surface area contributed by atoms with E-state index in [9.17, 15) is 5.26 Å². The molecule has 26 heavy (non-hydrogen) atoms. The summed E-state index contributed by atoms with van der Waals surface area (Å²) in [6.07, 6.45) is 0.996. The molecule has 138 valence electrons. The predicted molar refractivity (Wildman–Crippen MR) is 96.2 cm³/mol. The van der Waals surface area contributed by atoms with Crippen LogP contribution in [0.2, 0.25) is 0 Å². The smallest absolute Gasteiger partial charge is 0.236 e. The van der Waals surface area contributed by atoms with Crippen molar-refractivity contribution < 1.29 is 18.8 Å². The molecule has 7 heteroatoms. The van der Waals surface area contributed by atoms with Gasteiger partial charge < -0.3 is 24.1 Å². The molecule has 1 fully saturated rings. The Bertz CT molecular complexity index is 730. The van der Waals surface area contributed by atoms with Crippen molar-refractivity contribution in [3.63, 3.8) is 0 Å². The molecule has 7 nitrogen and oxygen atoms in total. The number of ether oxygens (including phenoxy) is 2. The number of quaternary nitrogens is 1. The molecule has 3 rings (SSSR count). The molecule has 0 radical (unpaired) electrons. The number of oxazole rings is 1. The Morgan fingerprint density at radius 3 is 2.77 bits per heavy atom. The minimum absolute atomic E-state index is 0.192. The third-order valence-corrected chi connectivity index (χ3v) is 4.35. The van der Waals surface area contributed by atoms with Crippen molar-refractivity contribution in [1.82, 2.24) is 4.98 Å². The maximum Gasteiger partial charge on any atom is 0.236 e. The molecule has 1 aliphatic rings. The van der Waals surface area contributed by atoms with E-state index in [1.807, 2.05) is 31.2 Å². The van der Waals surface area contributed by atoms with E-state index in [0.717, 1.165) is 51.6 Å². The molecular formula is C19H25N4O3+. The zero-order valence-electron chi connectivity index (χ0n) is 15.1. The Labute approximate surface area is 153 Å². The summed E-state index contributed by atoms with van der Waals surface area (Å²) in [6.45, 7) is 7.84. The number of nitrogens with zero attached hydrogens (tertiary/aromatic N) is 2. The highest BCUT2D eigenvalue weighted by Gasteiger charge is 2.15. The third kappa shape index (κ3) is 5.22. The topological polar surface area (TPSA) is 84.8 Å². The molecular weight excluding hydrogens is 332 g/mol. The van der Waals surface area contributed by atoms with Gasteiger partial charge in [-0.05, 0) is 19.1 Å². The molecule has 0 saturated carbocycles. The molecule has 1 aliphatic heterocycles. The van der Waals surface area contributed by atoms with Crippen molar-refractivity contribution >= 4 is 5.88 Å². The van der Waals surface area contributed by atoms with Gasteiger partial charge in [-0.1, -0.05) is 17.7 Å². The quantitative estimate of drug-likeness (QED) is 0.690. The Morgan fingerprint density at radius 2 is 2.04 bits per heavy atom. The molecule has 2 aromatic rings. The first-order valence-corrected chi connectivity index (χ1v) is 8.99. The van der Waals surface area contributed by atoms with Crippen LogP contribution in [0.4, 0.5) is 5.88 Å². The summed E-state index contributed by atoms with van der Waals surface area (Å²) in [5, 5.41) is 12.4. The number of nitrogens with one attached hydrogen (secondary N) is 2. The SMILES string of the molecule is Cc1ccc(OCc2nc(C#N)c(NCCC[NH+]3CCOCC3)o2)cc1. The van der Waals surface area contributed by atoms with E-state index >= 15 is 0 Å². The van der Waals surface area contributed by atoms with Gasteiger partial charge in [0.25, 0.3) is 0 Å². The van der Waals surface area contributed by atoms with Crippen LogP contribution >= 0.6 is 0 Å². The lowest BCUT2D eigenvalue weighted by molar-refractivity contribution is -0.908. The van der Waals surface area contributed by atoms with E-state index in [0.29, 0.717) is 11.8 Å². The molecule has 1 saturated heterocycles. The van der Waals surface area contributed by atoms with Crippen LogP contribution in [-0.4, -0.2) is 44.4 Å². The number of aryl methyl sites for hydroxylation is 1. The monoisotopic (exact) mass is 357 g/mol. The van der Waals surface area contributed by atoms with E-state index in [2.05, 4.69) is 16.4 Å². The summed E-state index contributed by atoms with van der Waals surface area (Å²) in [5.41, 5.74) is 1.44. The normalized spacial score (nSPS) is 14.8. The number of morpholine rings is 1. The van der Waals surface area contributed by atoms with E-state index < -0.39 is 0 Å². The van der Waals surface area contributed by atoms with Crippen LogP contribution in [0, 0.1) is 18.3 Å². The number of rotatable bonds is 8. The fourth-order valence-corrected chi connectivity index (χ4v) is 2.85. The van der Waals surface area contributed by atoms with Gasteiger partial charge in [0, 0.05) is 13.0 Å². The van der Waals surface area contributed by atoms with Crippen molar-refractivity contribution in [2.75, 3.05) is 44.7 Å². The molecule has 2 N–H and O–H groups in total. The average molecular weight is 357 g/mol. The van der Waals surface area contributed by atoms with Crippen molar-refractivity contribution in [2.24, 2.45) is 0 Å². The van der Waals surface area contributed by atoms with Gasteiger partial charge in [0.1, 0.15) is 24.9 Å². The van der Waals surface area contributed by atoms with Gasteiger partial charge in [-0.25, -0.2) is 0 Å². The fraction of sp³-hybridized carbons (Fsp3) is 0.474. The first kappa shape index (κ1) is 18.2. The maximum absolute atomic E-state index is 9.24. The number of benzene rings is 1. The maximum atomic E-state index is 9.24. The summed E-state index contributed by atoms with van der Waals surface area (Å²) >= 11 is 0. The molecule has 0 spiro atoms. The highest BCUT2D eigenvalue weighted by atomic mass is 16.5. The lowest BCUT2D eigenvalue weighted by Crippen LogP contribution is -3.14. The largest absolute Gasteiger partial charge is 0.484 e. The van der Waals surface area contributed by atoms with Gasteiger partial charge in [0.2, 0.25) is 17.5 Å². The Kier molecular flexibility index (Phi) is 6.47. The van der Waals surface area contributed by atoms with Gasteiger partial charge in [0.15, 0.2) is 6.61 Å².